The van der Waals surface area contributed by atoms with E-state index in [0.29, 0.717) is 0 Å². The van der Waals surface area contributed by atoms with Gasteiger partial charge in [-0.05, 0) is 20.8 Å². The van der Waals surface area contributed by atoms with Gasteiger partial charge in [-0.15, -0.1) is 0 Å². The Hall–Kier alpha value is -1.28. The number of esters is 1. The number of carbonyl (C=O) groups excluding carboxylic acids is 1. The van der Waals surface area contributed by atoms with Gasteiger partial charge in [0.25, 0.3) is 0 Å². The van der Waals surface area contributed by atoms with Crippen molar-refractivity contribution in [1.29, 1.82) is 0 Å². The number of alkyl halides is 7. The number of hydrogen-bond donors (Lipinski definition) is 0. The number of ether oxygens (including phenoxy) is 1. The van der Waals surface area contributed by atoms with E-state index in [2.05, 4.69) is 11.3 Å². The highest BCUT2D eigenvalue weighted by Crippen LogP contribution is 2.52. The first-order valence-corrected chi connectivity index (χ1v) is 4.79. The second-order valence-corrected chi connectivity index (χ2v) is 4.33. The minimum absolute atomic E-state index is 0.257. The van der Waals surface area contributed by atoms with E-state index in [4.69, 9.17) is 0 Å². The lowest BCUT2D eigenvalue weighted by atomic mass is 9.93. The summed E-state index contributed by atoms with van der Waals surface area (Å²) >= 11 is 0. The van der Waals surface area contributed by atoms with Gasteiger partial charge in [0.05, 0.1) is 0 Å². The normalized spacial score (nSPS) is 14.2. The zero-order valence-electron chi connectivity index (χ0n) is 10.2. The van der Waals surface area contributed by atoms with Crippen molar-refractivity contribution in [3.8, 4) is 0 Å². The first kappa shape index (κ1) is 17.7. The molecule has 0 aliphatic rings. The molecule has 0 bridgehead atoms. The van der Waals surface area contributed by atoms with E-state index in [1.807, 2.05) is 0 Å². The fourth-order valence-electron chi connectivity index (χ4n) is 0.939. The lowest BCUT2D eigenvalue weighted by Gasteiger charge is -2.38. The quantitative estimate of drug-likeness (QED) is 0.449. The summed E-state index contributed by atoms with van der Waals surface area (Å²) in [5, 5.41) is 0. The Labute approximate surface area is 104 Å². The van der Waals surface area contributed by atoms with Gasteiger partial charge in [0.15, 0.2) is 5.60 Å². The molecule has 0 aliphatic carbocycles. The van der Waals surface area contributed by atoms with Crippen LogP contribution in [0.2, 0.25) is 0 Å². The predicted octanol–water partition coefficient (Wildman–Crippen LogP) is 3.72. The van der Waals surface area contributed by atoms with E-state index in [0.717, 1.165) is 6.92 Å². The third-order valence-corrected chi connectivity index (χ3v) is 2.20. The molecule has 0 saturated carbocycles. The summed E-state index contributed by atoms with van der Waals surface area (Å²) in [6.45, 7) is 4.54. The maximum atomic E-state index is 13.3. The maximum Gasteiger partial charge on any atom is 0.460 e. The van der Waals surface area contributed by atoms with Crippen LogP contribution in [0.3, 0.4) is 0 Å². The molecule has 0 N–H and O–H groups in total. The highest BCUT2D eigenvalue weighted by atomic mass is 19.4. The van der Waals surface area contributed by atoms with Crippen LogP contribution in [-0.4, -0.2) is 29.6 Å². The van der Waals surface area contributed by atoms with Crippen LogP contribution >= 0.6 is 0 Å². The molecule has 0 aromatic heterocycles. The van der Waals surface area contributed by atoms with Crippen molar-refractivity contribution in [1.82, 2.24) is 0 Å². The molecule has 0 saturated heterocycles. The van der Waals surface area contributed by atoms with Crippen LogP contribution in [0, 0.1) is 0 Å². The monoisotopic (exact) mass is 296 g/mol. The fraction of sp³-hybridized carbons (Fsp3) is 0.700. The Balaban J connectivity index is 5.52. The Kier molecular flexibility index (Phi) is 4.36. The first-order chi connectivity index (χ1) is 8.08. The molecular weight excluding hydrogens is 285 g/mol. The smallest absolute Gasteiger partial charge is 0.450 e. The van der Waals surface area contributed by atoms with Crippen molar-refractivity contribution in [2.24, 2.45) is 0 Å². The minimum Gasteiger partial charge on any atom is -0.450 e. The van der Waals surface area contributed by atoms with Crippen molar-refractivity contribution in [3.63, 3.8) is 0 Å². The molecule has 0 heterocycles. The van der Waals surface area contributed by atoms with Crippen molar-refractivity contribution < 1.29 is 40.3 Å². The van der Waals surface area contributed by atoms with Gasteiger partial charge in [-0.3, -0.25) is 0 Å². The molecule has 9 heteroatoms. The summed E-state index contributed by atoms with van der Waals surface area (Å²) in [5.41, 5.74) is -3.79. The molecule has 0 fully saturated rings. The third kappa shape index (κ3) is 3.01. The van der Waals surface area contributed by atoms with E-state index in [1.165, 1.54) is 0 Å². The van der Waals surface area contributed by atoms with Gasteiger partial charge in [-0.2, -0.15) is 30.7 Å². The number of hydrogen-bond acceptors (Lipinski definition) is 2. The van der Waals surface area contributed by atoms with E-state index >= 15 is 0 Å². The molecule has 0 aliphatic heterocycles. The summed E-state index contributed by atoms with van der Waals surface area (Å²) in [5.74, 6) is -13.5. The van der Waals surface area contributed by atoms with E-state index < -0.39 is 35.2 Å². The number of halogens is 7. The van der Waals surface area contributed by atoms with Gasteiger partial charge in [0.1, 0.15) is 0 Å². The van der Waals surface area contributed by atoms with Crippen LogP contribution in [-0.2, 0) is 9.53 Å². The molecule has 19 heavy (non-hydrogen) atoms. The largest absolute Gasteiger partial charge is 0.460 e. The lowest BCUT2D eigenvalue weighted by molar-refractivity contribution is -0.383. The summed E-state index contributed by atoms with van der Waals surface area (Å²) in [6.07, 6.45) is -6.48. The summed E-state index contributed by atoms with van der Waals surface area (Å²) in [7, 11) is 0. The van der Waals surface area contributed by atoms with Crippen LogP contribution in [0.5, 0.6) is 0 Å². The van der Waals surface area contributed by atoms with Gasteiger partial charge >= 0.3 is 24.0 Å². The summed E-state index contributed by atoms with van der Waals surface area (Å²) in [4.78, 5) is 11.0. The van der Waals surface area contributed by atoms with Crippen molar-refractivity contribution >= 4 is 5.97 Å². The highest BCUT2D eigenvalue weighted by molar-refractivity contribution is 5.87. The average molecular weight is 296 g/mol. The zero-order chi connectivity index (χ0) is 15.9. The molecule has 0 atom stereocenters. The second-order valence-electron chi connectivity index (χ2n) is 4.33. The Morgan fingerprint density at radius 1 is 0.947 bits per heavy atom. The van der Waals surface area contributed by atoms with Gasteiger partial charge in [-0.1, -0.05) is 6.58 Å². The number of rotatable bonds is 4. The standard InChI is InChI=1S/C10H11F7O2/c1-5(2)6(18)19-7(3,4)8(11,12)9(13,14)10(15,16)17/h1H2,2-4H3. The molecule has 0 aromatic rings. The van der Waals surface area contributed by atoms with Gasteiger partial charge < -0.3 is 4.74 Å². The van der Waals surface area contributed by atoms with Gasteiger partial charge in [-0.25, -0.2) is 4.79 Å². The van der Waals surface area contributed by atoms with Gasteiger partial charge in [0.2, 0.25) is 0 Å². The number of carbonyl (C=O) groups is 1. The maximum absolute atomic E-state index is 13.3. The van der Waals surface area contributed by atoms with Crippen molar-refractivity contribution in [2.75, 3.05) is 0 Å². The Morgan fingerprint density at radius 2 is 1.32 bits per heavy atom. The lowest BCUT2D eigenvalue weighted by Crippen LogP contribution is -2.63. The Bertz CT molecular complexity index is 382. The van der Waals surface area contributed by atoms with Gasteiger partial charge in [0, 0.05) is 5.57 Å². The van der Waals surface area contributed by atoms with Crippen LogP contribution in [0.15, 0.2) is 12.2 Å². The zero-order valence-corrected chi connectivity index (χ0v) is 10.2. The molecule has 112 valence electrons. The molecule has 0 amide bonds. The fourth-order valence-corrected chi connectivity index (χ4v) is 0.939. The molecular formula is C10H11F7O2. The molecule has 0 unspecified atom stereocenters. The highest BCUT2D eigenvalue weighted by Gasteiger charge is 2.78. The third-order valence-electron chi connectivity index (χ3n) is 2.20. The second kappa shape index (κ2) is 4.68. The average Bonchev–Trinajstić information content (AvgIpc) is 2.14. The SMILES string of the molecule is C=C(C)C(=O)OC(C)(C)C(F)(F)C(F)(F)C(F)(F)F. The van der Waals surface area contributed by atoms with Crippen LogP contribution < -0.4 is 0 Å². The molecule has 0 spiro atoms. The molecule has 0 radical (unpaired) electrons. The van der Waals surface area contributed by atoms with E-state index in [1.54, 1.807) is 0 Å². The summed E-state index contributed by atoms with van der Waals surface area (Å²) < 4.78 is 92.1. The molecule has 2 nitrogen and oxygen atoms in total. The molecule has 0 rings (SSSR count). The Morgan fingerprint density at radius 3 is 1.58 bits per heavy atom. The van der Waals surface area contributed by atoms with Crippen molar-refractivity contribution in [2.45, 2.75) is 44.4 Å². The van der Waals surface area contributed by atoms with E-state index in [9.17, 15) is 35.5 Å². The van der Waals surface area contributed by atoms with Crippen LogP contribution in [0.25, 0.3) is 0 Å². The predicted molar refractivity (Wildman–Crippen MR) is 50.9 cm³/mol. The topological polar surface area (TPSA) is 26.3 Å². The van der Waals surface area contributed by atoms with Crippen molar-refractivity contribution in [3.05, 3.63) is 12.2 Å². The first-order valence-electron chi connectivity index (χ1n) is 4.79. The van der Waals surface area contributed by atoms with E-state index in [-0.39, 0.29) is 13.8 Å². The minimum atomic E-state index is -6.48. The van der Waals surface area contributed by atoms with Crippen LogP contribution in [0.4, 0.5) is 30.7 Å². The molecule has 0 aromatic carbocycles. The summed E-state index contributed by atoms with van der Waals surface area (Å²) in [6, 6.07) is 0. The van der Waals surface area contributed by atoms with Crippen LogP contribution in [0.1, 0.15) is 20.8 Å².